The highest BCUT2D eigenvalue weighted by molar-refractivity contribution is 7.93. The minimum Gasteiger partial charge on any atom is -0.322 e. The number of para-hydroxylation sites is 2. The van der Waals surface area contributed by atoms with Crippen LogP contribution in [0.15, 0.2) is 119 Å². The average Bonchev–Trinajstić information content (AvgIpc) is 2.85. The molecule has 0 aromatic heterocycles. The topological polar surface area (TPSA) is 121 Å². The van der Waals surface area contributed by atoms with Crippen LogP contribution in [0.1, 0.15) is 10.4 Å². The van der Waals surface area contributed by atoms with E-state index in [1.807, 2.05) is 0 Å². The van der Waals surface area contributed by atoms with Crippen LogP contribution in [0.3, 0.4) is 0 Å². The monoisotopic (exact) mass is 507 g/mol. The molecule has 0 aliphatic rings. The number of rotatable bonds is 8. The van der Waals surface area contributed by atoms with E-state index in [9.17, 15) is 21.6 Å². The van der Waals surface area contributed by atoms with Crippen LogP contribution < -0.4 is 14.8 Å². The van der Waals surface area contributed by atoms with Crippen LogP contribution in [-0.4, -0.2) is 22.7 Å². The van der Waals surface area contributed by atoms with E-state index in [1.54, 1.807) is 60.7 Å². The second kappa shape index (κ2) is 10.00. The molecule has 0 radical (unpaired) electrons. The van der Waals surface area contributed by atoms with Crippen molar-refractivity contribution in [2.45, 2.75) is 9.79 Å². The third kappa shape index (κ3) is 5.86. The fourth-order valence-corrected chi connectivity index (χ4v) is 5.37. The highest BCUT2D eigenvalue weighted by Crippen LogP contribution is 2.23. The summed E-state index contributed by atoms with van der Waals surface area (Å²) in [6.45, 7) is 0. The summed E-state index contributed by atoms with van der Waals surface area (Å²) in [5.74, 6) is -0.561. The first-order chi connectivity index (χ1) is 16.7. The van der Waals surface area contributed by atoms with Gasteiger partial charge in [0.25, 0.3) is 26.0 Å². The molecular formula is C25H21N3O5S2. The molecule has 0 saturated carbocycles. The summed E-state index contributed by atoms with van der Waals surface area (Å²) in [5, 5.41) is 2.66. The van der Waals surface area contributed by atoms with E-state index in [2.05, 4.69) is 14.8 Å². The van der Waals surface area contributed by atoms with Crippen molar-refractivity contribution >= 4 is 43.0 Å². The van der Waals surface area contributed by atoms with Crippen LogP contribution in [0.4, 0.5) is 17.1 Å². The number of nitrogens with one attached hydrogen (secondary N) is 3. The minimum atomic E-state index is -3.89. The van der Waals surface area contributed by atoms with Gasteiger partial charge in [-0.05, 0) is 60.7 Å². The number of hydrogen-bond donors (Lipinski definition) is 3. The van der Waals surface area contributed by atoms with E-state index < -0.39 is 26.0 Å². The summed E-state index contributed by atoms with van der Waals surface area (Å²) >= 11 is 0. The van der Waals surface area contributed by atoms with E-state index in [-0.39, 0.29) is 21.0 Å². The van der Waals surface area contributed by atoms with E-state index in [0.717, 1.165) is 0 Å². The first-order valence-electron chi connectivity index (χ1n) is 10.4. The number of benzene rings is 4. The first kappa shape index (κ1) is 24.0. The minimum absolute atomic E-state index is 0.0235. The normalized spacial score (nSPS) is 11.4. The summed E-state index contributed by atoms with van der Waals surface area (Å²) in [5.41, 5.74) is 0.989. The quantitative estimate of drug-likeness (QED) is 0.323. The van der Waals surface area contributed by atoms with Crippen LogP contribution in [0.25, 0.3) is 0 Å². The number of amides is 1. The third-order valence-electron chi connectivity index (χ3n) is 4.92. The number of carbonyl (C=O) groups is 1. The van der Waals surface area contributed by atoms with Gasteiger partial charge in [-0.3, -0.25) is 14.2 Å². The highest BCUT2D eigenvalue weighted by atomic mass is 32.2. The summed E-state index contributed by atoms with van der Waals surface area (Å²) in [7, 11) is -7.70. The van der Waals surface area contributed by atoms with Gasteiger partial charge < -0.3 is 5.32 Å². The van der Waals surface area contributed by atoms with Gasteiger partial charge in [0.15, 0.2) is 0 Å². The lowest BCUT2D eigenvalue weighted by molar-refractivity contribution is 0.102. The van der Waals surface area contributed by atoms with Crippen molar-refractivity contribution in [3.05, 3.63) is 115 Å². The van der Waals surface area contributed by atoms with Gasteiger partial charge in [-0.25, -0.2) is 16.8 Å². The first-order valence-corrected chi connectivity index (χ1v) is 13.4. The van der Waals surface area contributed by atoms with Crippen molar-refractivity contribution in [2.75, 3.05) is 14.8 Å². The molecule has 35 heavy (non-hydrogen) atoms. The fraction of sp³-hybridized carbons (Fsp3) is 0. The second-order valence-electron chi connectivity index (χ2n) is 7.41. The van der Waals surface area contributed by atoms with E-state index in [0.29, 0.717) is 11.4 Å². The Morgan fingerprint density at radius 3 is 1.69 bits per heavy atom. The zero-order valence-electron chi connectivity index (χ0n) is 18.3. The van der Waals surface area contributed by atoms with Crippen LogP contribution >= 0.6 is 0 Å². The van der Waals surface area contributed by atoms with Crippen molar-refractivity contribution in [1.82, 2.24) is 0 Å². The molecule has 10 heteroatoms. The smallest absolute Gasteiger partial charge is 0.261 e. The Hall–Kier alpha value is -4.15. The summed E-state index contributed by atoms with van der Waals surface area (Å²) < 4.78 is 55.5. The average molecular weight is 508 g/mol. The van der Waals surface area contributed by atoms with Gasteiger partial charge in [0.05, 0.1) is 21.0 Å². The molecule has 0 atom stereocenters. The van der Waals surface area contributed by atoms with Gasteiger partial charge in [-0.2, -0.15) is 0 Å². The largest absolute Gasteiger partial charge is 0.322 e. The molecule has 0 aliphatic heterocycles. The van der Waals surface area contributed by atoms with Gasteiger partial charge in [0.1, 0.15) is 0 Å². The molecule has 178 valence electrons. The summed E-state index contributed by atoms with van der Waals surface area (Å²) in [4.78, 5) is 13.0. The van der Waals surface area contributed by atoms with Gasteiger partial charge in [0.2, 0.25) is 0 Å². The SMILES string of the molecule is O=C(Nc1ccc(S(=O)(=O)Nc2ccccc2)cc1)c1ccccc1NS(=O)(=O)c1ccccc1. The van der Waals surface area contributed by atoms with Crippen molar-refractivity contribution < 1.29 is 21.6 Å². The van der Waals surface area contributed by atoms with E-state index in [1.165, 1.54) is 48.5 Å². The Kier molecular flexibility index (Phi) is 6.85. The molecule has 0 unspecified atom stereocenters. The molecule has 8 nitrogen and oxygen atoms in total. The molecule has 4 aromatic rings. The van der Waals surface area contributed by atoms with Crippen LogP contribution in [-0.2, 0) is 20.0 Å². The second-order valence-corrected chi connectivity index (χ2v) is 10.8. The lowest BCUT2D eigenvalue weighted by Crippen LogP contribution is -2.18. The Balaban J connectivity index is 1.50. The molecule has 1 amide bonds. The standard InChI is InChI=1S/C25H21N3O5S2/c29-25(23-13-7-8-14-24(23)28-35(32,33)21-11-5-2-6-12-21)26-19-15-17-22(18-16-19)34(30,31)27-20-9-3-1-4-10-20/h1-18,27-28H,(H,26,29). The molecule has 3 N–H and O–H groups in total. The van der Waals surface area contributed by atoms with Gasteiger partial charge >= 0.3 is 0 Å². The van der Waals surface area contributed by atoms with Crippen LogP contribution in [0.2, 0.25) is 0 Å². The van der Waals surface area contributed by atoms with Crippen molar-refractivity contribution in [3.63, 3.8) is 0 Å². The lowest BCUT2D eigenvalue weighted by atomic mass is 10.1. The zero-order chi connectivity index (χ0) is 24.9. The molecule has 0 bridgehead atoms. The number of carbonyl (C=O) groups excluding carboxylic acids is 1. The Morgan fingerprint density at radius 2 is 1.03 bits per heavy atom. The van der Waals surface area contributed by atoms with E-state index in [4.69, 9.17) is 0 Å². The lowest BCUT2D eigenvalue weighted by Gasteiger charge is -2.13. The summed E-state index contributed by atoms with van der Waals surface area (Å²) in [6.07, 6.45) is 0. The van der Waals surface area contributed by atoms with Crippen molar-refractivity contribution in [1.29, 1.82) is 0 Å². The zero-order valence-corrected chi connectivity index (χ0v) is 19.9. The maximum Gasteiger partial charge on any atom is 0.261 e. The van der Waals surface area contributed by atoms with Crippen LogP contribution in [0, 0.1) is 0 Å². The van der Waals surface area contributed by atoms with E-state index >= 15 is 0 Å². The predicted molar refractivity (Wildman–Crippen MR) is 135 cm³/mol. The van der Waals surface area contributed by atoms with Crippen molar-refractivity contribution in [2.24, 2.45) is 0 Å². The van der Waals surface area contributed by atoms with Crippen molar-refractivity contribution in [3.8, 4) is 0 Å². The molecule has 0 aliphatic carbocycles. The molecule has 0 fully saturated rings. The third-order valence-corrected chi connectivity index (χ3v) is 7.70. The van der Waals surface area contributed by atoms with Gasteiger partial charge in [-0.1, -0.05) is 48.5 Å². The number of hydrogen-bond acceptors (Lipinski definition) is 5. The predicted octanol–water partition coefficient (Wildman–Crippen LogP) is 4.54. The Labute approximate surface area is 203 Å². The molecular weight excluding hydrogens is 486 g/mol. The van der Waals surface area contributed by atoms with Crippen LogP contribution in [0.5, 0.6) is 0 Å². The number of anilines is 3. The Morgan fingerprint density at radius 1 is 0.514 bits per heavy atom. The molecule has 0 spiro atoms. The maximum absolute atomic E-state index is 12.9. The molecule has 4 aromatic carbocycles. The number of sulfonamides is 2. The maximum atomic E-state index is 12.9. The molecule has 0 heterocycles. The Bertz CT molecular complexity index is 1540. The fourth-order valence-electron chi connectivity index (χ4n) is 3.21. The molecule has 0 saturated heterocycles. The summed E-state index contributed by atoms with van der Waals surface area (Å²) in [6, 6.07) is 28.1. The van der Waals surface area contributed by atoms with Gasteiger partial charge in [-0.15, -0.1) is 0 Å². The highest BCUT2D eigenvalue weighted by Gasteiger charge is 2.19. The van der Waals surface area contributed by atoms with Gasteiger partial charge in [0, 0.05) is 11.4 Å². The molecule has 4 rings (SSSR count).